The first-order valence-corrected chi connectivity index (χ1v) is 13.6. The van der Waals surface area contributed by atoms with Gasteiger partial charge in [0.1, 0.15) is 11.1 Å². The standard InChI is InChI=1S/C23H14F6O10S2/c1-36-19(30)15-17(38-40(32,33)22(24,25)26)11-7-3-5-9-13(11)21(15)14-10-6-4-8-12(14)18(16(21)20(31)37-2)39-41(34,35)23(27,28)29/h3-10H,1-2H3. The quantitative estimate of drug-likeness (QED) is 0.202. The molecule has 1 spiro atoms. The molecule has 18 heteroatoms. The van der Waals surface area contributed by atoms with Gasteiger partial charge in [-0.3, -0.25) is 0 Å². The molecule has 0 fully saturated rings. The number of benzene rings is 2. The molecule has 2 aromatic rings. The maximum Gasteiger partial charge on any atom is 0.534 e. The molecule has 0 atom stereocenters. The molecule has 220 valence electrons. The van der Waals surface area contributed by atoms with E-state index in [0.29, 0.717) is 0 Å². The van der Waals surface area contributed by atoms with E-state index in [-0.39, 0.29) is 11.1 Å². The number of fused-ring (bicyclic) bond motifs is 4. The average Bonchev–Trinajstić information content (AvgIpc) is 3.32. The van der Waals surface area contributed by atoms with Crippen LogP contribution in [0.2, 0.25) is 0 Å². The summed E-state index contributed by atoms with van der Waals surface area (Å²) in [5.74, 6) is -5.77. The zero-order valence-corrected chi connectivity index (χ0v) is 21.9. The Labute approximate surface area is 227 Å². The summed E-state index contributed by atoms with van der Waals surface area (Å²) in [7, 11) is -11.5. The van der Waals surface area contributed by atoms with E-state index in [1.807, 2.05) is 0 Å². The second-order valence-electron chi connectivity index (χ2n) is 8.20. The minimum Gasteiger partial charge on any atom is -0.466 e. The molecule has 0 unspecified atom stereocenters. The van der Waals surface area contributed by atoms with Crippen molar-refractivity contribution in [3.63, 3.8) is 0 Å². The third-order valence-electron chi connectivity index (χ3n) is 6.09. The maximum absolute atomic E-state index is 13.4. The molecule has 2 aromatic carbocycles. The van der Waals surface area contributed by atoms with Crippen molar-refractivity contribution >= 4 is 43.7 Å². The highest BCUT2D eigenvalue weighted by molar-refractivity contribution is 7.88. The SMILES string of the molecule is COC(=O)C1=C(OS(=O)(=O)C(F)(F)F)c2ccccc2C12C(C(=O)OC)=C(OS(=O)(=O)C(F)(F)F)c1ccccc12. The minimum atomic E-state index is -6.50. The molecule has 0 amide bonds. The Morgan fingerprint density at radius 1 is 0.634 bits per heavy atom. The Morgan fingerprint density at radius 2 is 0.951 bits per heavy atom. The molecular formula is C23H14F6O10S2. The number of hydrogen-bond donors (Lipinski definition) is 0. The van der Waals surface area contributed by atoms with E-state index >= 15 is 0 Å². The van der Waals surface area contributed by atoms with E-state index < -0.39 is 82.4 Å². The van der Waals surface area contributed by atoms with Crippen LogP contribution in [0.4, 0.5) is 26.3 Å². The number of esters is 2. The molecule has 0 N–H and O–H groups in total. The predicted octanol–water partition coefficient (Wildman–Crippen LogP) is 3.50. The van der Waals surface area contributed by atoms with Crippen LogP contribution >= 0.6 is 0 Å². The van der Waals surface area contributed by atoms with Gasteiger partial charge in [-0.05, 0) is 11.1 Å². The number of halogens is 6. The Hall–Kier alpha value is -4.06. The third-order valence-corrected chi connectivity index (χ3v) is 7.99. The topological polar surface area (TPSA) is 139 Å². The Balaban J connectivity index is 2.25. The lowest BCUT2D eigenvalue weighted by Crippen LogP contribution is -2.37. The first-order chi connectivity index (χ1) is 18.9. The maximum atomic E-state index is 13.4. The first-order valence-electron chi connectivity index (χ1n) is 10.7. The van der Waals surface area contributed by atoms with Crippen LogP contribution in [0.1, 0.15) is 22.3 Å². The lowest BCUT2D eigenvalue weighted by Gasteiger charge is -2.30. The number of ether oxygens (including phenoxy) is 2. The van der Waals surface area contributed by atoms with Crippen molar-refractivity contribution in [2.75, 3.05) is 14.2 Å². The molecule has 0 aliphatic heterocycles. The molecule has 0 saturated carbocycles. The van der Waals surface area contributed by atoms with E-state index in [0.717, 1.165) is 38.5 Å². The van der Waals surface area contributed by atoms with Crippen LogP contribution in [0.5, 0.6) is 0 Å². The number of rotatable bonds is 6. The summed E-state index contributed by atoms with van der Waals surface area (Å²) >= 11 is 0. The summed E-state index contributed by atoms with van der Waals surface area (Å²) in [5, 5.41) is 0. The van der Waals surface area contributed by atoms with Crippen molar-refractivity contribution in [3.05, 3.63) is 81.9 Å². The van der Waals surface area contributed by atoms with Gasteiger partial charge >= 0.3 is 43.2 Å². The molecule has 0 heterocycles. The van der Waals surface area contributed by atoms with Crippen LogP contribution in [-0.2, 0) is 53.1 Å². The van der Waals surface area contributed by atoms with Crippen molar-refractivity contribution in [1.82, 2.24) is 0 Å². The molecule has 0 bridgehead atoms. The molecule has 2 aliphatic carbocycles. The molecule has 4 rings (SSSR count). The van der Waals surface area contributed by atoms with Crippen molar-refractivity contribution in [3.8, 4) is 0 Å². The average molecular weight is 628 g/mol. The monoisotopic (exact) mass is 628 g/mol. The van der Waals surface area contributed by atoms with Gasteiger partial charge in [-0.25, -0.2) is 9.59 Å². The van der Waals surface area contributed by atoms with Crippen molar-refractivity contribution in [1.29, 1.82) is 0 Å². The number of alkyl halides is 6. The van der Waals surface area contributed by atoms with Crippen molar-refractivity contribution in [2.24, 2.45) is 0 Å². The van der Waals surface area contributed by atoms with Crippen LogP contribution in [0.15, 0.2) is 59.7 Å². The fourth-order valence-corrected chi connectivity index (χ4v) is 5.59. The third kappa shape index (κ3) is 4.32. The molecule has 0 aromatic heterocycles. The van der Waals surface area contributed by atoms with E-state index in [4.69, 9.17) is 0 Å². The summed E-state index contributed by atoms with van der Waals surface area (Å²) in [6.45, 7) is 0. The molecular weight excluding hydrogens is 614 g/mol. The first kappa shape index (κ1) is 29.9. The fraction of sp³-hybridized carbons (Fsp3) is 0.217. The second kappa shape index (κ2) is 9.51. The number of carbonyl (C=O) groups is 2. The van der Waals surface area contributed by atoms with E-state index in [2.05, 4.69) is 17.8 Å². The number of methoxy groups -OCH3 is 2. The van der Waals surface area contributed by atoms with Gasteiger partial charge in [-0.15, -0.1) is 0 Å². The van der Waals surface area contributed by atoms with Gasteiger partial charge in [0.15, 0.2) is 11.5 Å². The Morgan fingerprint density at radius 3 is 1.24 bits per heavy atom. The van der Waals surface area contributed by atoms with Gasteiger partial charge in [0.25, 0.3) is 0 Å². The zero-order chi connectivity index (χ0) is 30.8. The van der Waals surface area contributed by atoms with Crippen LogP contribution in [0.25, 0.3) is 11.5 Å². The summed E-state index contributed by atoms with van der Waals surface area (Å²) < 4.78 is 147. The Kier molecular flexibility index (Phi) is 6.93. The molecule has 41 heavy (non-hydrogen) atoms. The van der Waals surface area contributed by atoms with Gasteiger partial charge in [0.2, 0.25) is 0 Å². The normalized spacial score (nSPS) is 16.4. The fourth-order valence-electron chi connectivity index (χ4n) is 4.62. The second-order valence-corrected chi connectivity index (χ2v) is 11.3. The number of carbonyl (C=O) groups excluding carboxylic acids is 2. The molecule has 0 saturated heterocycles. The summed E-state index contributed by atoms with van der Waals surface area (Å²) in [4.78, 5) is 26.5. The highest BCUT2D eigenvalue weighted by Crippen LogP contribution is 2.62. The predicted molar refractivity (Wildman–Crippen MR) is 124 cm³/mol. The lowest BCUT2D eigenvalue weighted by molar-refractivity contribution is -0.137. The smallest absolute Gasteiger partial charge is 0.466 e. The van der Waals surface area contributed by atoms with Crippen LogP contribution in [-0.4, -0.2) is 54.0 Å². The van der Waals surface area contributed by atoms with Gasteiger partial charge in [-0.2, -0.15) is 43.2 Å². The largest absolute Gasteiger partial charge is 0.534 e. The van der Waals surface area contributed by atoms with E-state index in [9.17, 15) is 52.8 Å². The van der Waals surface area contributed by atoms with Gasteiger partial charge in [0, 0.05) is 11.1 Å². The van der Waals surface area contributed by atoms with Gasteiger partial charge in [-0.1, -0.05) is 48.5 Å². The van der Waals surface area contributed by atoms with Crippen LogP contribution < -0.4 is 0 Å². The molecule has 10 nitrogen and oxygen atoms in total. The molecule has 0 radical (unpaired) electrons. The van der Waals surface area contributed by atoms with E-state index in [1.54, 1.807) is 0 Å². The van der Waals surface area contributed by atoms with Crippen LogP contribution in [0.3, 0.4) is 0 Å². The highest BCUT2D eigenvalue weighted by Gasteiger charge is 2.63. The lowest BCUT2D eigenvalue weighted by atomic mass is 9.69. The van der Waals surface area contributed by atoms with Crippen molar-refractivity contribution < 1.29 is 70.6 Å². The Bertz CT molecular complexity index is 1620. The highest BCUT2D eigenvalue weighted by atomic mass is 32.2. The summed E-state index contributed by atoms with van der Waals surface area (Å²) in [6, 6.07) is 9.02. The van der Waals surface area contributed by atoms with Crippen molar-refractivity contribution in [2.45, 2.75) is 16.4 Å². The van der Waals surface area contributed by atoms with Gasteiger partial charge < -0.3 is 17.8 Å². The van der Waals surface area contributed by atoms with E-state index in [1.165, 1.54) is 24.3 Å². The van der Waals surface area contributed by atoms with Gasteiger partial charge in [0.05, 0.1) is 19.6 Å². The van der Waals surface area contributed by atoms with Crippen LogP contribution in [0, 0.1) is 0 Å². The molecule has 2 aliphatic rings. The number of hydrogen-bond acceptors (Lipinski definition) is 10. The summed E-state index contributed by atoms with van der Waals surface area (Å²) in [6.07, 6.45) is 0. The summed E-state index contributed by atoms with van der Waals surface area (Å²) in [5.41, 5.74) is -18.7. The zero-order valence-electron chi connectivity index (χ0n) is 20.3. The minimum absolute atomic E-state index is 0.372.